The molecule has 0 aliphatic heterocycles. The molecule has 0 saturated heterocycles. The van der Waals surface area contributed by atoms with Gasteiger partial charge in [0.1, 0.15) is 5.75 Å². The lowest BCUT2D eigenvalue weighted by molar-refractivity contribution is -0.0498. The molecule has 6 heteroatoms. The summed E-state index contributed by atoms with van der Waals surface area (Å²) in [6, 6.07) is 7.51. The largest absolute Gasteiger partial charge is 0.435 e. The van der Waals surface area contributed by atoms with Gasteiger partial charge in [-0.2, -0.15) is 8.78 Å². The number of carbonyl (C=O) groups excluding carboxylic acids is 1. The summed E-state index contributed by atoms with van der Waals surface area (Å²) >= 11 is 0. The lowest BCUT2D eigenvalue weighted by Gasteiger charge is -2.12. The van der Waals surface area contributed by atoms with E-state index in [-0.39, 0.29) is 11.3 Å². The molecule has 1 aromatic heterocycles. The fourth-order valence-electron chi connectivity index (χ4n) is 2.21. The molecule has 2 aromatic rings. The van der Waals surface area contributed by atoms with Gasteiger partial charge in [0, 0.05) is 11.3 Å². The first kappa shape index (κ1) is 15.9. The molecule has 22 heavy (non-hydrogen) atoms. The first-order valence-corrected chi connectivity index (χ1v) is 6.68. The predicted octanol–water partition coefficient (Wildman–Crippen LogP) is 3.86. The molecule has 0 aliphatic rings. The molecule has 1 N–H and O–H groups in total. The third kappa shape index (κ3) is 3.78. The van der Waals surface area contributed by atoms with Crippen molar-refractivity contribution in [1.29, 1.82) is 0 Å². The highest BCUT2D eigenvalue weighted by Gasteiger charge is 2.13. The van der Waals surface area contributed by atoms with Crippen LogP contribution in [0.25, 0.3) is 0 Å². The van der Waals surface area contributed by atoms with E-state index >= 15 is 0 Å². The summed E-state index contributed by atoms with van der Waals surface area (Å²) in [5.74, 6) is -0.463. The summed E-state index contributed by atoms with van der Waals surface area (Å²) in [6.07, 6.45) is 0. The molecule has 1 amide bonds. The number of alkyl halides is 2. The number of rotatable bonds is 4. The molecule has 0 atom stereocenters. The molecule has 1 heterocycles. The Balaban J connectivity index is 2.23. The minimum absolute atomic E-state index is 0.0573. The van der Waals surface area contributed by atoms with Gasteiger partial charge in [0.2, 0.25) is 0 Å². The number of halogens is 2. The van der Waals surface area contributed by atoms with Crippen LogP contribution in [0.15, 0.2) is 30.3 Å². The number of ether oxygens (including phenoxy) is 1. The molecule has 1 aromatic carbocycles. The zero-order chi connectivity index (χ0) is 16.3. The van der Waals surface area contributed by atoms with Gasteiger partial charge < -0.3 is 10.1 Å². The Morgan fingerprint density at radius 3 is 2.59 bits per heavy atom. The Labute approximate surface area is 127 Å². The van der Waals surface area contributed by atoms with Crippen molar-refractivity contribution < 1.29 is 18.3 Å². The molecule has 0 unspecified atom stereocenters. The zero-order valence-electron chi connectivity index (χ0n) is 12.5. The van der Waals surface area contributed by atoms with Crippen LogP contribution < -0.4 is 10.1 Å². The van der Waals surface area contributed by atoms with E-state index in [0.29, 0.717) is 11.4 Å². The molecule has 116 valence electrons. The van der Waals surface area contributed by atoms with Crippen molar-refractivity contribution in [3.8, 4) is 5.75 Å². The minimum Gasteiger partial charge on any atom is -0.435 e. The van der Waals surface area contributed by atoms with Gasteiger partial charge in [-0.3, -0.25) is 9.78 Å². The monoisotopic (exact) mass is 306 g/mol. The normalized spacial score (nSPS) is 10.6. The number of pyridine rings is 1. The van der Waals surface area contributed by atoms with Gasteiger partial charge in [-0.1, -0.05) is 6.07 Å². The number of hydrogen-bond donors (Lipinski definition) is 1. The molecule has 0 saturated carbocycles. The van der Waals surface area contributed by atoms with Crippen molar-refractivity contribution in [3.05, 3.63) is 52.8 Å². The maximum absolute atomic E-state index is 12.3. The number of amides is 1. The van der Waals surface area contributed by atoms with E-state index in [0.717, 1.165) is 11.3 Å². The van der Waals surface area contributed by atoms with Crippen molar-refractivity contribution in [3.63, 3.8) is 0 Å². The number of nitrogens with zero attached hydrogens (tertiary/aromatic N) is 1. The van der Waals surface area contributed by atoms with Crippen molar-refractivity contribution >= 4 is 11.6 Å². The van der Waals surface area contributed by atoms with E-state index in [1.54, 1.807) is 6.92 Å². The Bertz CT molecular complexity index is 679. The molecule has 4 nitrogen and oxygen atoms in total. The average Bonchev–Trinajstić information content (AvgIpc) is 2.42. The van der Waals surface area contributed by atoms with Crippen LogP contribution >= 0.6 is 0 Å². The van der Waals surface area contributed by atoms with Crippen LogP contribution in [0, 0.1) is 20.8 Å². The molecular formula is C16H16F2N2O2. The summed E-state index contributed by atoms with van der Waals surface area (Å²) in [7, 11) is 0. The SMILES string of the molecule is Cc1cc(C)c(NC(=O)c2cccc(OC(F)F)c2)c(C)n1. The van der Waals surface area contributed by atoms with E-state index in [1.165, 1.54) is 24.3 Å². The van der Waals surface area contributed by atoms with Crippen molar-refractivity contribution in [2.24, 2.45) is 0 Å². The van der Waals surface area contributed by atoms with Gasteiger partial charge in [0.15, 0.2) is 0 Å². The van der Waals surface area contributed by atoms with Crippen LogP contribution in [0.2, 0.25) is 0 Å². The summed E-state index contributed by atoms with van der Waals surface area (Å²) in [5.41, 5.74) is 3.30. The van der Waals surface area contributed by atoms with Crippen LogP contribution in [-0.4, -0.2) is 17.5 Å². The molecular weight excluding hydrogens is 290 g/mol. The lowest BCUT2D eigenvalue weighted by Crippen LogP contribution is -2.15. The summed E-state index contributed by atoms with van der Waals surface area (Å²) in [6.45, 7) is 2.61. The molecule has 0 radical (unpaired) electrons. The van der Waals surface area contributed by atoms with Crippen LogP contribution in [0.3, 0.4) is 0 Å². The van der Waals surface area contributed by atoms with E-state index in [4.69, 9.17) is 0 Å². The summed E-state index contributed by atoms with van der Waals surface area (Å²) < 4.78 is 28.7. The quantitative estimate of drug-likeness (QED) is 0.933. The van der Waals surface area contributed by atoms with Crippen molar-refractivity contribution in [1.82, 2.24) is 4.98 Å². The second-order valence-corrected chi connectivity index (χ2v) is 4.90. The molecule has 0 fully saturated rings. The minimum atomic E-state index is -2.93. The third-order valence-corrected chi connectivity index (χ3v) is 3.09. The van der Waals surface area contributed by atoms with Crippen molar-refractivity contribution in [2.45, 2.75) is 27.4 Å². The van der Waals surface area contributed by atoms with E-state index in [9.17, 15) is 13.6 Å². The predicted molar refractivity (Wildman–Crippen MR) is 79.5 cm³/mol. The third-order valence-electron chi connectivity index (χ3n) is 3.09. The fourth-order valence-corrected chi connectivity index (χ4v) is 2.21. The highest BCUT2D eigenvalue weighted by Crippen LogP contribution is 2.21. The number of anilines is 1. The van der Waals surface area contributed by atoms with Crippen molar-refractivity contribution in [2.75, 3.05) is 5.32 Å². The standard InChI is InChI=1S/C16H16F2N2O2/c1-9-7-10(2)19-11(3)14(9)20-15(21)12-5-4-6-13(8-12)22-16(17)18/h4-8,16H,1-3H3,(H,20,21). The Hall–Kier alpha value is -2.50. The van der Waals surface area contributed by atoms with E-state index in [1.807, 2.05) is 19.9 Å². The fraction of sp³-hybridized carbons (Fsp3) is 0.250. The number of nitrogens with one attached hydrogen (secondary N) is 1. The summed E-state index contributed by atoms with van der Waals surface area (Å²) in [4.78, 5) is 16.6. The summed E-state index contributed by atoms with van der Waals surface area (Å²) in [5, 5.41) is 2.76. The Kier molecular flexibility index (Phi) is 4.70. The van der Waals surface area contributed by atoms with Gasteiger partial charge >= 0.3 is 6.61 Å². The van der Waals surface area contributed by atoms with Crippen LogP contribution in [0.1, 0.15) is 27.3 Å². The maximum atomic E-state index is 12.3. The second kappa shape index (κ2) is 6.51. The van der Waals surface area contributed by atoms with Gasteiger partial charge in [-0.15, -0.1) is 0 Å². The highest BCUT2D eigenvalue weighted by atomic mass is 19.3. The van der Waals surface area contributed by atoms with Crippen LogP contribution in [-0.2, 0) is 0 Å². The highest BCUT2D eigenvalue weighted by molar-refractivity contribution is 6.05. The number of benzene rings is 1. The van der Waals surface area contributed by atoms with E-state index in [2.05, 4.69) is 15.0 Å². The van der Waals surface area contributed by atoms with E-state index < -0.39 is 12.5 Å². The lowest BCUT2D eigenvalue weighted by atomic mass is 10.1. The van der Waals surface area contributed by atoms with Gasteiger partial charge in [-0.05, 0) is 50.6 Å². The first-order valence-electron chi connectivity index (χ1n) is 6.68. The average molecular weight is 306 g/mol. The number of hydrogen-bond acceptors (Lipinski definition) is 3. The first-order chi connectivity index (χ1) is 10.4. The molecule has 0 spiro atoms. The van der Waals surface area contributed by atoms with Gasteiger partial charge in [0.25, 0.3) is 5.91 Å². The number of aromatic nitrogens is 1. The number of aryl methyl sites for hydroxylation is 3. The Morgan fingerprint density at radius 2 is 1.95 bits per heavy atom. The van der Waals surface area contributed by atoms with Gasteiger partial charge in [0.05, 0.1) is 11.4 Å². The zero-order valence-corrected chi connectivity index (χ0v) is 12.5. The molecule has 2 rings (SSSR count). The van der Waals surface area contributed by atoms with Crippen LogP contribution in [0.5, 0.6) is 5.75 Å². The van der Waals surface area contributed by atoms with Gasteiger partial charge in [-0.25, -0.2) is 0 Å². The molecule has 0 bridgehead atoms. The topological polar surface area (TPSA) is 51.2 Å². The maximum Gasteiger partial charge on any atom is 0.387 e. The number of carbonyl (C=O) groups is 1. The van der Waals surface area contributed by atoms with Crippen LogP contribution in [0.4, 0.5) is 14.5 Å². The second-order valence-electron chi connectivity index (χ2n) is 4.90. The smallest absolute Gasteiger partial charge is 0.387 e. The molecule has 0 aliphatic carbocycles. The Morgan fingerprint density at radius 1 is 1.23 bits per heavy atom.